The van der Waals surface area contributed by atoms with E-state index >= 15 is 0 Å². The molecule has 23 heavy (non-hydrogen) atoms. The maximum absolute atomic E-state index is 13.7. The van der Waals surface area contributed by atoms with Gasteiger partial charge in [0, 0.05) is 12.0 Å². The average molecular weight is 326 g/mol. The third-order valence-corrected chi connectivity index (χ3v) is 3.52. The zero-order chi connectivity index (χ0) is 17.0. The lowest BCUT2D eigenvalue weighted by atomic mass is 10.0. The largest absolute Gasteiger partial charge is 0.394 e. The van der Waals surface area contributed by atoms with E-state index in [9.17, 15) is 18.7 Å². The molecule has 0 bridgehead atoms. The van der Waals surface area contributed by atoms with Gasteiger partial charge >= 0.3 is 0 Å². The van der Waals surface area contributed by atoms with Crippen molar-refractivity contribution in [2.24, 2.45) is 11.1 Å². The molecule has 0 spiro atoms. The summed E-state index contributed by atoms with van der Waals surface area (Å²) in [5.41, 5.74) is 0.174. The summed E-state index contributed by atoms with van der Waals surface area (Å²) in [6, 6.07) is 2.66. The fourth-order valence-electron chi connectivity index (χ4n) is 2.44. The molecule has 5 nitrogen and oxygen atoms in total. The third-order valence-electron chi connectivity index (χ3n) is 3.52. The summed E-state index contributed by atoms with van der Waals surface area (Å²) in [6.45, 7) is 3.78. The van der Waals surface area contributed by atoms with Crippen molar-refractivity contribution in [2.45, 2.75) is 38.8 Å². The van der Waals surface area contributed by atoms with Gasteiger partial charge in [0.2, 0.25) is 6.10 Å². The molecule has 2 atom stereocenters. The van der Waals surface area contributed by atoms with Gasteiger partial charge in [0.05, 0.1) is 18.4 Å². The van der Waals surface area contributed by atoms with Crippen LogP contribution in [0.2, 0.25) is 0 Å². The number of hydrogen-bond acceptors (Lipinski definition) is 4. The average Bonchev–Trinajstić information content (AvgIpc) is 2.98. The molecule has 0 saturated carbocycles. The van der Waals surface area contributed by atoms with Gasteiger partial charge in [-0.15, -0.1) is 0 Å². The van der Waals surface area contributed by atoms with Crippen LogP contribution in [0.1, 0.15) is 32.3 Å². The molecule has 0 fully saturated rings. The monoisotopic (exact) mass is 326 g/mol. The number of hydrogen-bond donors (Lipinski definition) is 2. The predicted molar refractivity (Wildman–Crippen MR) is 80.9 cm³/mol. The lowest BCUT2D eigenvalue weighted by molar-refractivity contribution is -0.132. The van der Waals surface area contributed by atoms with Crippen molar-refractivity contribution < 1.29 is 23.5 Å². The number of amides is 1. The zero-order valence-corrected chi connectivity index (χ0v) is 13.1. The number of oxime groups is 1. The van der Waals surface area contributed by atoms with Crippen LogP contribution in [0.3, 0.4) is 0 Å². The Morgan fingerprint density at radius 1 is 1.48 bits per heavy atom. The zero-order valence-electron chi connectivity index (χ0n) is 13.1. The SMILES string of the molecule is CC(C)CC(CO)NC(=O)C1CC(c2cc(F)ccc2F)=NO1. The number of carbonyl (C=O) groups is 1. The lowest BCUT2D eigenvalue weighted by Gasteiger charge is -2.19. The van der Waals surface area contributed by atoms with E-state index in [0.717, 1.165) is 18.2 Å². The minimum absolute atomic E-state index is 0.0128. The maximum Gasteiger partial charge on any atom is 0.264 e. The van der Waals surface area contributed by atoms with Crippen LogP contribution in [0.25, 0.3) is 0 Å². The summed E-state index contributed by atoms with van der Waals surface area (Å²) in [7, 11) is 0. The molecule has 2 N–H and O–H groups in total. The van der Waals surface area contributed by atoms with Gasteiger partial charge in [0.25, 0.3) is 5.91 Å². The van der Waals surface area contributed by atoms with E-state index in [0.29, 0.717) is 12.3 Å². The van der Waals surface area contributed by atoms with E-state index in [-0.39, 0.29) is 30.3 Å². The number of aliphatic hydroxyl groups excluding tert-OH is 1. The predicted octanol–water partition coefficient (Wildman–Crippen LogP) is 1.98. The highest BCUT2D eigenvalue weighted by atomic mass is 19.1. The second kappa shape index (κ2) is 7.50. The molecule has 1 aromatic carbocycles. The first kappa shape index (κ1) is 17.3. The Kier molecular flexibility index (Phi) is 5.65. The Bertz CT molecular complexity index is 605. The third kappa shape index (κ3) is 4.48. The minimum atomic E-state index is -0.908. The van der Waals surface area contributed by atoms with Crippen LogP contribution in [-0.2, 0) is 9.63 Å². The fourth-order valence-corrected chi connectivity index (χ4v) is 2.44. The van der Waals surface area contributed by atoms with Crippen molar-refractivity contribution in [3.63, 3.8) is 0 Å². The first-order valence-electron chi connectivity index (χ1n) is 7.50. The Balaban J connectivity index is 1.98. The van der Waals surface area contributed by atoms with Gasteiger partial charge in [-0.05, 0) is 30.5 Å². The molecule has 0 aromatic heterocycles. The molecule has 0 saturated heterocycles. The smallest absolute Gasteiger partial charge is 0.264 e. The normalized spacial score (nSPS) is 18.5. The van der Waals surface area contributed by atoms with E-state index in [4.69, 9.17) is 4.84 Å². The molecule has 1 amide bonds. The second-order valence-electron chi connectivity index (χ2n) is 5.98. The van der Waals surface area contributed by atoms with Gasteiger partial charge in [-0.1, -0.05) is 19.0 Å². The summed E-state index contributed by atoms with van der Waals surface area (Å²) >= 11 is 0. The van der Waals surface area contributed by atoms with E-state index in [1.54, 1.807) is 0 Å². The first-order chi connectivity index (χ1) is 10.9. The maximum atomic E-state index is 13.7. The molecule has 1 heterocycles. The van der Waals surface area contributed by atoms with Crippen LogP contribution in [0.15, 0.2) is 23.4 Å². The number of nitrogens with one attached hydrogen (secondary N) is 1. The molecule has 2 unspecified atom stereocenters. The molecule has 0 aliphatic carbocycles. The number of benzene rings is 1. The van der Waals surface area contributed by atoms with Gasteiger partial charge in [-0.2, -0.15) is 0 Å². The minimum Gasteiger partial charge on any atom is -0.394 e. The molecule has 1 aliphatic heterocycles. The molecule has 1 aromatic rings. The molecule has 1 aliphatic rings. The summed E-state index contributed by atoms with van der Waals surface area (Å²) in [6.07, 6.45) is -0.235. The Morgan fingerprint density at radius 3 is 2.87 bits per heavy atom. The van der Waals surface area contributed by atoms with Crippen molar-refractivity contribution in [1.29, 1.82) is 0 Å². The highest BCUT2D eigenvalue weighted by molar-refractivity contribution is 6.04. The quantitative estimate of drug-likeness (QED) is 0.840. The highest BCUT2D eigenvalue weighted by Crippen LogP contribution is 2.20. The summed E-state index contributed by atoms with van der Waals surface area (Å²) in [5.74, 6) is -1.33. The molecule has 7 heteroatoms. The topological polar surface area (TPSA) is 70.9 Å². The highest BCUT2D eigenvalue weighted by Gasteiger charge is 2.31. The van der Waals surface area contributed by atoms with Crippen LogP contribution in [-0.4, -0.2) is 35.5 Å². The fraction of sp³-hybridized carbons (Fsp3) is 0.500. The summed E-state index contributed by atoms with van der Waals surface area (Å²) in [4.78, 5) is 17.2. The molecular weight excluding hydrogens is 306 g/mol. The first-order valence-corrected chi connectivity index (χ1v) is 7.50. The van der Waals surface area contributed by atoms with Gasteiger partial charge in [0.15, 0.2) is 0 Å². The molecule has 126 valence electrons. The van der Waals surface area contributed by atoms with Crippen molar-refractivity contribution in [1.82, 2.24) is 5.32 Å². The van der Waals surface area contributed by atoms with Crippen molar-refractivity contribution in [2.75, 3.05) is 6.61 Å². The van der Waals surface area contributed by atoms with Gasteiger partial charge in [0.1, 0.15) is 11.6 Å². The van der Waals surface area contributed by atoms with E-state index in [1.807, 2.05) is 13.8 Å². The molecule has 0 radical (unpaired) electrons. The number of nitrogens with zero attached hydrogens (tertiary/aromatic N) is 1. The van der Waals surface area contributed by atoms with E-state index in [2.05, 4.69) is 10.5 Å². The van der Waals surface area contributed by atoms with Crippen LogP contribution in [0, 0.1) is 17.6 Å². The number of aliphatic hydroxyl groups is 1. The van der Waals surface area contributed by atoms with Gasteiger partial charge in [-0.25, -0.2) is 8.78 Å². The molecular formula is C16H20F2N2O3. The Morgan fingerprint density at radius 2 is 2.22 bits per heavy atom. The number of rotatable bonds is 6. The molecule has 2 rings (SSSR count). The van der Waals surface area contributed by atoms with Crippen molar-refractivity contribution in [3.05, 3.63) is 35.4 Å². The van der Waals surface area contributed by atoms with Crippen LogP contribution < -0.4 is 5.32 Å². The van der Waals surface area contributed by atoms with Crippen LogP contribution in [0.5, 0.6) is 0 Å². The Hall–Kier alpha value is -2.02. The summed E-state index contributed by atoms with van der Waals surface area (Å²) < 4.78 is 26.9. The summed E-state index contributed by atoms with van der Waals surface area (Å²) in [5, 5.41) is 15.7. The Labute approximate surface area is 133 Å². The standard InChI is InChI=1S/C16H20F2N2O3/c1-9(2)5-11(8-21)19-16(22)15-7-14(20-23-15)12-6-10(17)3-4-13(12)18/h3-4,6,9,11,15,21H,5,7-8H2,1-2H3,(H,19,22). The van der Waals surface area contributed by atoms with Crippen LogP contribution >= 0.6 is 0 Å². The van der Waals surface area contributed by atoms with E-state index in [1.165, 1.54) is 0 Å². The lowest BCUT2D eigenvalue weighted by Crippen LogP contribution is -2.44. The number of halogens is 2. The number of carbonyl (C=O) groups excluding carboxylic acids is 1. The van der Waals surface area contributed by atoms with Gasteiger partial charge in [-0.3, -0.25) is 4.79 Å². The van der Waals surface area contributed by atoms with Crippen molar-refractivity contribution in [3.8, 4) is 0 Å². The second-order valence-corrected chi connectivity index (χ2v) is 5.98. The van der Waals surface area contributed by atoms with E-state index < -0.39 is 23.6 Å². The van der Waals surface area contributed by atoms with Crippen LogP contribution in [0.4, 0.5) is 8.78 Å². The van der Waals surface area contributed by atoms with Gasteiger partial charge < -0.3 is 15.3 Å². The van der Waals surface area contributed by atoms with Crippen molar-refractivity contribution >= 4 is 11.6 Å².